The molecule has 2 atom stereocenters. The SMILES string of the molecule is CC1(C)CN2C(CSC3=N[C@@H]4CCCC[C@H]4N3)=CSC2=N1.Cl.Cl. The predicted molar refractivity (Wildman–Crippen MR) is 107 cm³/mol. The molecule has 23 heavy (non-hydrogen) atoms. The summed E-state index contributed by atoms with van der Waals surface area (Å²) in [6.45, 7) is 5.42. The van der Waals surface area contributed by atoms with E-state index in [0.717, 1.165) is 17.5 Å². The van der Waals surface area contributed by atoms with Crippen LogP contribution in [0.4, 0.5) is 0 Å². The molecule has 4 aliphatic rings. The Kier molecular flexibility index (Phi) is 6.26. The van der Waals surface area contributed by atoms with Gasteiger partial charge in [0.25, 0.3) is 0 Å². The monoisotopic (exact) mass is 394 g/mol. The maximum absolute atomic E-state index is 4.87. The molecule has 0 aromatic rings. The van der Waals surface area contributed by atoms with Gasteiger partial charge in [-0.2, -0.15) is 0 Å². The minimum atomic E-state index is 0. The Morgan fingerprint density at radius 2 is 2.13 bits per heavy atom. The fourth-order valence-corrected chi connectivity index (χ4v) is 5.56. The second-order valence-electron chi connectivity index (χ2n) is 6.85. The van der Waals surface area contributed by atoms with E-state index in [1.165, 1.54) is 36.5 Å². The number of nitrogens with zero attached hydrogens (tertiary/aromatic N) is 3. The predicted octanol–water partition coefficient (Wildman–Crippen LogP) is 3.87. The number of rotatable bonds is 2. The Hall–Kier alpha value is -0.0400. The van der Waals surface area contributed by atoms with Crippen LogP contribution in [0.1, 0.15) is 39.5 Å². The summed E-state index contributed by atoms with van der Waals surface area (Å²) in [5, 5.41) is 8.20. The standard InChI is InChI=1S/C15H22N4S2.2ClH/c1-15(2)9-19-10(8-21-14(19)18-15)7-20-13-16-11-5-3-4-6-12(11)17-13;;/h8,11-12H,3-7,9H2,1-2H3,(H,16,17);2*1H/t11-,12-;;/m1../s1. The maximum Gasteiger partial charge on any atom is 0.168 e. The largest absolute Gasteiger partial charge is 0.360 e. The number of hydrogen-bond acceptors (Lipinski definition) is 6. The van der Waals surface area contributed by atoms with Crippen LogP contribution in [0.2, 0.25) is 0 Å². The van der Waals surface area contributed by atoms with Crippen molar-refractivity contribution in [3.8, 4) is 0 Å². The van der Waals surface area contributed by atoms with Gasteiger partial charge in [-0.25, -0.2) is 0 Å². The number of nitrogens with one attached hydrogen (secondary N) is 1. The molecule has 1 aliphatic carbocycles. The molecule has 4 rings (SSSR count). The average molecular weight is 395 g/mol. The normalized spacial score (nSPS) is 30.2. The van der Waals surface area contributed by atoms with Crippen molar-refractivity contribution in [1.82, 2.24) is 10.2 Å². The molecule has 0 spiro atoms. The van der Waals surface area contributed by atoms with Gasteiger partial charge >= 0.3 is 0 Å². The van der Waals surface area contributed by atoms with Crippen molar-refractivity contribution in [1.29, 1.82) is 0 Å². The lowest BCUT2D eigenvalue weighted by atomic mass is 9.92. The van der Waals surface area contributed by atoms with Gasteiger partial charge in [0.05, 0.1) is 17.6 Å². The highest BCUT2D eigenvalue weighted by Gasteiger charge is 2.37. The van der Waals surface area contributed by atoms with Crippen molar-refractivity contribution >= 4 is 58.7 Å². The first-order chi connectivity index (χ1) is 10.1. The maximum atomic E-state index is 4.87. The summed E-state index contributed by atoms with van der Waals surface area (Å²) >= 11 is 3.62. The molecule has 3 aliphatic heterocycles. The number of hydrogen-bond donors (Lipinski definition) is 1. The Morgan fingerprint density at radius 1 is 1.35 bits per heavy atom. The van der Waals surface area contributed by atoms with Gasteiger partial charge in [-0.3, -0.25) is 9.98 Å². The van der Waals surface area contributed by atoms with Gasteiger partial charge in [0.15, 0.2) is 10.3 Å². The van der Waals surface area contributed by atoms with Gasteiger partial charge in [-0.15, -0.1) is 24.8 Å². The molecule has 1 N–H and O–H groups in total. The lowest BCUT2D eigenvalue weighted by molar-refractivity contribution is 0.385. The van der Waals surface area contributed by atoms with Crippen LogP contribution in [0.3, 0.4) is 0 Å². The molecule has 0 saturated heterocycles. The van der Waals surface area contributed by atoms with Gasteiger partial charge in [0, 0.05) is 18.0 Å². The molecule has 3 heterocycles. The first kappa shape index (κ1) is 19.3. The van der Waals surface area contributed by atoms with Crippen molar-refractivity contribution in [3.05, 3.63) is 11.1 Å². The fraction of sp³-hybridized carbons (Fsp3) is 0.733. The number of fused-ring (bicyclic) bond motifs is 2. The Balaban J connectivity index is 0.000000960. The van der Waals surface area contributed by atoms with E-state index in [0.29, 0.717) is 12.1 Å². The molecule has 0 aromatic carbocycles. The molecule has 8 heteroatoms. The summed E-state index contributed by atoms with van der Waals surface area (Å²) in [5.41, 5.74) is 1.44. The molecule has 1 fully saturated rings. The Labute approximate surface area is 159 Å². The topological polar surface area (TPSA) is 40.0 Å². The van der Waals surface area contributed by atoms with E-state index in [2.05, 4.69) is 29.5 Å². The summed E-state index contributed by atoms with van der Waals surface area (Å²) in [6.07, 6.45) is 5.24. The average Bonchev–Trinajstić information content (AvgIpc) is 3.07. The van der Waals surface area contributed by atoms with Gasteiger partial charge in [0.2, 0.25) is 0 Å². The minimum absolute atomic E-state index is 0. The van der Waals surface area contributed by atoms with Crippen LogP contribution in [-0.4, -0.2) is 45.2 Å². The Bertz CT molecular complexity index is 548. The third-order valence-electron chi connectivity index (χ3n) is 4.50. The van der Waals surface area contributed by atoms with Crippen LogP contribution in [0.15, 0.2) is 21.1 Å². The number of aliphatic imine (C=N–C) groups is 2. The molecule has 130 valence electrons. The molecular formula is C15H24Cl2N4S2. The van der Waals surface area contributed by atoms with Crippen LogP contribution in [-0.2, 0) is 0 Å². The molecule has 0 radical (unpaired) electrons. The zero-order chi connectivity index (χ0) is 14.4. The summed E-state index contributed by atoms with van der Waals surface area (Å²) in [5.74, 6) is 0.993. The third kappa shape index (κ3) is 3.97. The summed E-state index contributed by atoms with van der Waals surface area (Å²) in [4.78, 5) is 12.0. The van der Waals surface area contributed by atoms with Crippen molar-refractivity contribution in [2.45, 2.75) is 57.2 Å². The first-order valence-electron chi connectivity index (χ1n) is 7.81. The van der Waals surface area contributed by atoms with E-state index in [9.17, 15) is 0 Å². The third-order valence-corrected chi connectivity index (χ3v) is 6.35. The van der Waals surface area contributed by atoms with Crippen molar-refractivity contribution in [2.24, 2.45) is 9.98 Å². The van der Waals surface area contributed by atoms with Crippen molar-refractivity contribution in [3.63, 3.8) is 0 Å². The highest BCUT2D eigenvalue weighted by Crippen LogP contribution is 2.37. The fourth-order valence-electron chi connectivity index (χ4n) is 3.42. The summed E-state index contributed by atoms with van der Waals surface area (Å²) < 4.78 is 0. The molecule has 0 aromatic heterocycles. The number of thioether (sulfide) groups is 2. The molecule has 1 saturated carbocycles. The highest BCUT2D eigenvalue weighted by molar-refractivity contribution is 8.17. The Morgan fingerprint density at radius 3 is 2.91 bits per heavy atom. The van der Waals surface area contributed by atoms with E-state index in [4.69, 9.17) is 9.98 Å². The zero-order valence-corrected chi connectivity index (χ0v) is 16.7. The number of halogens is 2. The second-order valence-corrected chi connectivity index (χ2v) is 8.65. The van der Waals surface area contributed by atoms with E-state index in [1.54, 1.807) is 11.8 Å². The van der Waals surface area contributed by atoms with Crippen LogP contribution in [0.5, 0.6) is 0 Å². The minimum Gasteiger partial charge on any atom is -0.360 e. The quantitative estimate of drug-likeness (QED) is 0.771. The molecule has 0 amide bonds. The van der Waals surface area contributed by atoms with Crippen molar-refractivity contribution < 1.29 is 0 Å². The number of amidine groups is 2. The molecular weight excluding hydrogens is 371 g/mol. The van der Waals surface area contributed by atoms with Crippen LogP contribution < -0.4 is 5.32 Å². The van der Waals surface area contributed by atoms with E-state index in [1.807, 2.05) is 11.8 Å². The zero-order valence-electron chi connectivity index (χ0n) is 13.4. The van der Waals surface area contributed by atoms with E-state index in [-0.39, 0.29) is 30.4 Å². The lowest BCUT2D eigenvalue weighted by Gasteiger charge is -2.23. The van der Waals surface area contributed by atoms with Crippen LogP contribution >= 0.6 is 48.3 Å². The molecule has 4 nitrogen and oxygen atoms in total. The first-order valence-corrected chi connectivity index (χ1v) is 9.67. The second kappa shape index (κ2) is 7.46. The van der Waals surface area contributed by atoms with Gasteiger partial charge < -0.3 is 10.2 Å². The van der Waals surface area contributed by atoms with E-state index >= 15 is 0 Å². The molecule has 0 unspecified atom stereocenters. The van der Waals surface area contributed by atoms with Gasteiger partial charge in [-0.1, -0.05) is 36.4 Å². The summed E-state index contributed by atoms with van der Waals surface area (Å²) in [7, 11) is 0. The van der Waals surface area contributed by atoms with Gasteiger partial charge in [0.1, 0.15) is 0 Å². The highest BCUT2D eigenvalue weighted by atomic mass is 35.5. The van der Waals surface area contributed by atoms with Crippen molar-refractivity contribution in [2.75, 3.05) is 12.3 Å². The summed E-state index contributed by atoms with van der Waals surface area (Å²) in [6, 6.07) is 1.15. The van der Waals surface area contributed by atoms with Crippen LogP contribution in [0, 0.1) is 0 Å². The molecule has 0 bridgehead atoms. The van der Waals surface area contributed by atoms with E-state index < -0.39 is 0 Å². The smallest absolute Gasteiger partial charge is 0.168 e. The lowest BCUT2D eigenvalue weighted by Crippen LogP contribution is -2.36. The van der Waals surface area contributed by atoms with Crippen LogP contribution in [0.25, 0.3) is 0 Å². The van der Waals surface area contributed by atoms with Gasteiger partial charge in [-0.05, 0) is 32.1 Å².